The monoisotopic (exact) mass is 474 g/mol. The third-order valence-corrected chi connectivity index (χ3v) is 10.8. The van der Waals surface area contributed by atoms with Crippen LogP contribution in [0, 0.1) is 5.77 Å². The highest BCUT2D eigenvalue weighted by molar-refractivity contribution is 14.1. The van der Waals surface area contributed by atoms with Crippen molar-refractivity contribution in [1.82, 2.24) is 0 Å². The van der Waals surface area contributed by atoms with E-state index in [9.17, 15) is 0 Å². The van der Waals surface area contributed by atoms with Gasteiger partial charge in [-0.05, 0) is 67.7 Å². The smallest absolute Gasteiger partial charge is 0.116 e. The molecule has 0 fully saturated rings. The number of hydrogen-bond donors (Lipinski definition) is 0. The lowest BCUT2D eigenvalue weighted by Crippen LogP contribution is -2.48. The fraction of sp³-hybridized carbons (Fsp3) is 0.200. The van der Waals surface area contributed by atoms with Crippen molar-refractivity contribution in [2.75, 3.05) is 0 Å². The third kappa shape index (κ3) is 1.53. The average Bonchev–Trinajstić information content (AvgIpc) is 2.72. The molecule has 0 atom stereocenters. The summed E-state index contributed by atoms with van der Waals surface area (Å²) < 4.78 is 2.87. The first-order chi connectivity index (χ1) is 7.00. The Morgan fingerprint density at radius 2 is 1.33 bits per heavy atom. The van der Waals surface area contributed by atoms with Crippen LogP contribution >= 0.6 is 67.9 Å². The molecule has 0 saturated carbocycles. The predicted molar refractivity (Wildman–Crippen MR) is 89.8 cm³/mol. The first-order valence-electron chi connectivity index (χ1n) is 4.60. The minimum absolute atomic E-state index is 1.33. The predicted octanol–water partition coefficient (Wildman–Crippen LogP) is 3.82. The van der Waals surface area contributed by atoms with Crippen LogP contribution in [0.25, 0.3) is 9.75 Å². The van der Waals surface area contributed by atoms with Gasteiger partial charge in [-0.15, -0.1) is 22.7 Å². The van der Waals surface area contributed by atoms with Gasteiger partial charge in [0.05, 0.1) is 5.77 Å². The van der Waals surface area contributed by atoms with Gasteiger partial charge in [-0.2, -0.15) is 0 Å². The highest BCUT2D eigenvalue weighted by Gasteiger charge is 2.40. The quantitative estimate of drug-likeness (QED) is 0.403. The van der Waals surface area contributed by atoms with E-state index >= 15 is 0 Å². The Morgan fingerprint density at radius 3 is 1.73 bits per heavy atom. The van der Waals surface area contributed by atoms with Crippen molar-refractivity contribution in [3.05, 3.63) is 17.9 Å². The van der Waals surface area contributed by atoms with Gasteiger partial charge in [-0.25, -0.2) is 0 Å². The average molecular weight is 474 g/mol. The molecule has 0 unspecified atom stereocenters. The lowest BCUT2D eigenvalue weighted by molar-refractivity contribution is 1.84. The van der Waals surface area contributed by atoms with E-state index in [0.717, 1.165) is 0 Å². The first-order valence-corrected chi connectivity index (χ1v) is 11.4. The Morgan fingerprint density at radius 1 is 0.933 bits per heavy atom. The van der Waals surface area contributed by atoms with Crippen LogP contribution in [0.1, 0.15) is 0 Å². The molecular formula is C10H8I2S2Si. The summed E-state index contributed by atoms with van der Waals surface area (Å²) >= 11 is 8.83. The van der Waals surface area contributed by atoms with E-state index in [-0.39, 0.29) is 0 Å². The maximum absolute atomic E-state index is 2.48. The molecule has 3 heterocycles. The second-order valence-corrected chi connectivity index (χ2v) is 14.4. The van der Waals surface area contributed by atoms with Gasteiger partial charge in [0.1, 0.15) is 8.07 Å². The Balaban J connectivity index is 2.38. The van der Waals surface area contributed by atoms with Crippen LogP contribution < -0.4 is 10.4 Å². The van der Waals surface area contributed by atoms with Crippen molar-refractivity contribution in [2.45, 2.75) is 13.1 Å². The van der Waals surface area contributed by atoms with Gasteiger partial charge in [0.15, 0.2) is 0 Å². The maximum Gasteiger partial charge on any atom is 0.116 e. The molecule has 0 saturated heterocycles. The van der Waals surface area contributed by atoms with E-state index in [0.29, 0.717) is 0 Å². The highest BCUT2D eigenvalue weighted by atomic mass is 127. The van der Waals surface area contributed by atoms with Crippen molar-refractivity contribution in [2.24, 2.45) is 0 Å². The number of fused-ring (bicyclic) bond motifs is 3. The molecule has 78 valence electrons. The molecule has 0 amide bonds. The molecule has 2 aromatic rings. The Kier molecular flexibility index (Phi) is 2.63. The summed E-state index contributed by atoms with van der Waals surface area (Å²) in [6.45, 7) is 4.95. The molecule has 0 nitrogen and oxygen atoms in total. The molecule has 0 aliphatic carbocycles. The number of halogens is 2. The lowest BCUT2D eigenvalue weighted by Gasteiger charge is -2.15. The summed E-state index contributed by atoms with van der Waals surface area (Å²) in [5.41, 5.74) is 0. The molecule has 1 aliphatic heterocycles. The maximum atomic E-state index is 2.48. The molecule has 15 heavy (non-hydrogen) atoms. The van der Waals surface area contributed by atoms with E-state index < -0.39 is 8.07 Å². The fourth-order valence-electron chi connectivity index (χ4n) is 2.13. The fourth-order valence-corrected chi connectivity index (χ4v) is 11.3. The van der Waals surface area contributed by atoms with Crippen molar-refractivity contribution in [3.63, 3.8) is 0 Å². The van der Waals surface area contributed by atoms with Gasteiger partial charge in [-0.1, -0.05) is 13.1 Å². The molecule has 0 aromatic carbocycles. The first kappa shape index (κ1) is 11.2. The van der Waals surface area contributed by atoms with Crippen LogP contribution in [0.15, 0.2) is 12.1 Å². The molecule has 2 aromatic heterocycles. The zero-order chi connectivity index (χ0) is 10.8. The van der Waals surface area contributed by atoms with E-state index in [1.165, 1.54) is 5.77 Å². The van der Waals surface area contributed by atoms with Crippen LogP contribution in [-0.4, -0.2) is 8.07 Å². The second kappa shape index (κ2) is 3.53. The molecule has 5 heteroatoms. The van der Waals surface area contributed by atoms with E-state index in [4.69, 9.17) is 0 Å². The molecular weight excluding hydrogens is 466 g/mol. The summed E-state index contributed by atoms with van der Waals surface area (Å²) in [7, 11) is -1.33. The zero-order valence-electron chi connectivity index (χ0n) is 8.23. The highest BCUT2D eigenvalue weighted by Crippen LogP contribution is 2.39. The summed E-state index contributed by atoms with van der Waals surface area (Å²) in [5, 5.41) is 3.32. The van der Waals surface area contributed by atoms with Gasteiger partial charge < -0.3 is 0 Å². The van der Waals surface area contributed by atoms with Crippen molar-refractivity contribution < 1.29 is 0 Å². The molecule has 0 spiro atoms. The van der Waals surface area contributed by atoms with Crippen molar-refractivity contribution in [1.29, 1.82) is 0 Å². The van der Waals surface area contributed by atoms with E-state index in [1.54, 1.807) is 20.1 Å². The van der Waals surface area contributed by atoms with Crippen molar-refractivity contribution >= 4 is 86.3 Å². The standard InChI is InChI=1S/C10H8I2S2Si/c1-15(2)5-3-7(11)13-9(5)10-6(15)4-8(12)14-10/h3-4H,1-2H3. The van der Waals surface area contributed by atoms with Gasteiger partial charge >= 0.3 is 0 Å². The largest absolute Gasteiger partial charge is 0.128 e. The van der Waals surface area contributed by atoms with Crippen LogP contribution in [-0.2, 0) is 0 Å². The summed E-state index contributed by atoms with van der Waals surface area (Å²) in [5.74, 6) is 0. The Labute approximate surface area is 125 Å². The Bertz CT molecular complexity index is 506. The Hall–Kier alpha value is 1.08. The molecule has 0 radical (unpaired) electrons. The normalized spacial score (nSPS) is 16.5. The minimum Gasteiger partial charge on any atom is -0.128 e. The van der Waals surface area contributed by atoms with Gasteiger partial charge in [-0.3, -0.25) is 0 Å². The van der Waals surface area contributed by atoms with Gasteiger partial charge in [0, 0.05) is 9.75 Å². The van der Waals surface area contributed by atoms with Crippen LogP contribution in [0.5, 0.6) is 0 Å². The van der Waals surface area contributed by atoms with Crippen LogP contribution in [0.2, 0.25) is 13.1 Å². The SMILES string of the molecule is C[Si]1(C)c2cc(I)sc2-c2sc(I)cc21. The molecule has 0 N–H and O–H groups in total. The molecule has 0 bridgehead atoms. The topological polar surface area (TPSA) is 0 Å². The number of thiophene rings is 2. The minimum atomic E-state index is -1.33. The van der Waals surface area contributed by atoms with E-state index in [1.807, 2.05) is 22.7 Å². The zero-order valence-corrected chi connectivity index (χ0v) is 15.2. The van der Waals surface area contributed by atoms with E-state index in [2.05, 4.69) is 70.4 Å². The molecule has 1 aliphatic rings. The van der Waals surface area contributed by atoms with Gasteiger partial charge in [0.25, 0.3) is 0 Å². The second-order valence-electron chi connectivity index (χ2n) is 4.21. The lowest BCUT2D eigenvalue weighted by atomic mass is 10.4. The van der Waals surface area contributed by atoms with Crippen LogP contribution in [0.3, 0.4) is 0 Å². The third-order valence-electron chi connectivity index (χ3n) is 2.96. The number of rotatable bonds is 0. The summed E-state index contributed by atoms with van der Waals surface area (Å²) in [6.07, 6.45) is 0. The van der Waals surface area contributed by atoms with Crippen molar-refractivity contribution in [3.8, 4) is 9.75 Å². The molecule has 3 rings (SSSR count). The summed E-state index contributed by atoms with van der Waals surface area (Å²) in [6, 6.07) is 4.82. The summed E-state index contributed by atoms with van der Waals surface area (Å²) in [4.78, 5) is 3.14. The number of hydrogen-bond acceptors (Lipinski definition) is 2. The van der Waals surface area contributed by atoms with Crippen LogP contribution in [0.4, 0.5) is 0 Å². The van der Waals surface area contributed by atoms with Gasteiger partial charge in [0.2, 0.25) is 0 Å².